The first kappa shape index (κ1) is 19.4. The summed E-state index contributed by atoms with van der Waals surface area (Å²) in [6, 6.07) is 9.21. The van der Waals surface area contributed by atoms with Gasteiger partial charge in [-0.2, -0.15) is 0 Å². The van der Waals surface area contributed by atoms with Crippen LogP contribution in [0.15, 0.2) is 30.3 Å². The van der Waals surface area contributed by atoms with E-state index in [4.69, 9.17) is 18.9 Å². The minimum atomic E-state index is -1.87. The highest BCUT2D eigenvalue weighted by Crippen LogP contribution is 2.28. The van der Waals surface area contributed by atoms with Crippen molar-refractivity contribution < 1.29 is 28.5 Å². The number of carbonyl (C=O) groups excluding carboxylic acids is 2. The van der Waals surface area contributed by atoms with Crippen LogP contribution < -0.4 is 0 Å². The van der Waals surface area contributed by atoms with Crippen molar-refractivity contribution in [1.29, 1.82) is 0 Å². The van der Waals surface area contributed by atoms with Gasteiger partial charge >= 0.3 is 11.9 Å². The van der Waals surface area contributed by atoms with Crippen molar-refractivity contribution in [2.24, 2.45) is 0 Å². The van der Waals surface area contributed by atoms with Gasteiger partial charge in [-0.15, -0.1) is 0 Å². The van der Waals surface area contributed by atoms with E-state index in [1.807, 2.05) is 30.3 Å². The van der Waals surface area contributed by atoms with Crippen molar-refractivity contribution in [3.05, 3.63) is 35.9 Å². The molecule has 6 nitrogen and oxygen atoms in total. The van der Waals surface area contributed by atoms with Gasteiger partial charge in [-0.05, 0) is 38.7 Å². The number of ether oxygens (including phenoxy) is 4. The Morgan fingerprint density at radius 1 is 1.08 bits per heavy atom. The average molecular weight is 350 g/mol. The van der Waals surface area contributed by atoms with Gasteiger partial charge in [-0.3, -0.25) is 0 Å². The van der Waals surface area contributed by atoms with Crippen LogP contribution in [0.1, 0.15) is 38.7 Å². The van der Waals surface area contributed by atoms with Crippen molar-refractivity contribution >= 4 is 11.9 Å². The maximum Gasteiger partial charge on any atom is 0.350 e. The van der Waals surface area contributed by atoms with Crippen LogP contribution >= 0.6 is 0 Å². The second-order valence-corrected chi connectivity index (χ2v) is 5.84. The predicted molar refractivity (Wildman–Crippen MR) is 90.8 cm³/mol. The predicted octanol–water partition coefficient (Wildman–Crippen LogP) is 2.64. The summed E-state index contributed by atoms with van der Waals surface area (Å²) in [6.45, 7) is 4.20. The third-order valence-corrected chi connectivity index (χ3v) is 3.98. The number of carbonyl (C=O) groups is 2. The molecular weight excluding hydrogens is 324 g/mol. The first-order valence-corrected chi connectivity index (χ1v) is 8.80. The topological polar surface area (TPSA) is 71.1 Å². The van der Waals surface area contributed by atoms with Crippen LogP contribution in [0.4, 0.5) is 0 Å². The molecule has 0 amide bonds. The Morgan fingerprint density at radius 3 is 2.24 bits per heavy atom. The molecule has 0 aromatic heterocycles. The van der Waals surface area contributed by atoms with Crippen LogP contribution in [0, 0.1) is 0 Å². The SMILES string of the molecule is CCOC(=O)C(Cc1ccccc1)(OC1CCCCO1)C(=O)OCC. The Morgan fingerprint density at radius 2 is 1.72 bits per heavy atom. The summed E-state index contributed by atoms with van der Waals surface area (Å²) >= 11 is 0. The van der Waals surface area contributed by atoms with E-state index in [-0.39, 0.29) is 19.6 Å². The quantitative estimate of drug-likeness (QED) is 0.530. The lowest BCUT2D eigenvalue weighted by molar-refractivity contribution is -0.240. The number of esters is 2. The molecule has 0 radical (unpaired) electrons. The highest BCUT2D eigenvalue weighted by molar-refractivity contribution is 6.04. The summed E-state index contributed by atoms with van der Waals surface area (Å²) in [4.78, 5) is 25.5. The van der Waals surface area contributed by atoms with E-state index in [1.165, 1.54) is 0 Å². The van der Waals surface area contributed by atoms with Crippen molar-refractivity contribution in [2.75, 3.05) is 19.8 Å². The Kier molecular flexibility index (Phi) is 7.40. The molecule has 1 aromatic rings. The normalized spacial score (nSPS) is 17.8. The fourth-order valence-electron chi connectivity index (χ4n) is 2.77. The summed E-state index contributed by atoms with van der Waals surface area (Å²) in [5.41, 5.74) is -1.09. The maximum absolute atomic E-state index is 12.8. The van der Waals surface area contributed by atoms with Crippen molar-refractivity contribution in [1.82, 2.24) is 0 Å². The molecule has 0 N–H and O–H groups in total. The van der Waals surface area contributed by atoms with Gasteiger partial charge in [0.05, 0.1) is 13.2 Å². The van der Waals surface area contributed by atoms with E-state index >= 15 is 0 Å². The lowest BCUT2D eigenvalue weighted by atomic mass is 9.93. The van der Waals surface area contributed by atoms with Gasteiger partial charge in [0.1, 0.15) is 0 Å². The molecule has 0 bridgehead atoms. The minimum Gasteiger partial charge on any atom is -0.463 e. The first-order valence-electron chi connectivity index (χ1n) is 8.80. The summed E-state index contributed by atoms with van der Waals surface area (Å²) in [6.07, 6.45) is 1.87. The average Bonchev–Trinajstić information content (AvgIpc) is 2.63. The molecule has 1 aromatic carbocycles. The largest absolute Gasteiger partial charge is 0.463 e. The zero-order valence-electron chi connectivity index (χ0n) is 14.9. The molecule has 0 spiro atoms. The molecule has 1 atom stereocenters. The highest BCUT2D eigenvalue weighted by atomic mass is 16.7. The first-order chi connectivity index (χ1) is 12.1. The van der Waals surface area contributed by atoms with Crippen LogP contribution in [0.2, 0.25) is 0 Å². The molecule has 1 unspecified atom stereocenters. The fraction of sp³-hybridized carbons (Fsp3) is 0.579. The van der Waals surface area contributed by atoms with Gasteiger partial charge in [0.25, 0.3) is 5.60 Å². The van der Waals surface area contributed by atoms with Crippen LogP contribution in [0.25, 0.3) is 0 Å². The van der Waals surface area contributed by atoms with Gasteiger partial charge in [0.15, 0.2) is 6.29 Å². The fourth-order valence-corrected chi connectivity index (χ4v) is 2.77. The second kappa shape index (κ2) is 9.53. The highest BCUT2D eigenvalue weighted by Gasteiger charge is 2.52. The van der Waals surface area contributed by atoms with Crippen molar-refractivity contribution in [2.45, 2.75) is 51.4 Å². The summed E-state index contributed by atoms with van der Waals surface area (Å²) < 4.78 is 21.9. The second-order valence-electron chi connectivity index (χ2n) is 5.84. The molecule has 1 heterocycles. The molecule has 0 aliphatic carbocycles. The van der Waals surface area contributed by atoms with E-state index < -0.39 is 23.8 Å². The third kappa shape index (κ3) is 5.03. The van der Waals surface area contributed by atoms with E-state index in [0.717, 1.165) is 18.4 Å². The maximum atomic E-state index is 12.8. The third-order valence-electron chi connectivity index (χ3n) is 3.98. The number of hydrogen-bond donors (Lipinski definition) is 0. The van der Waals surface area contributed by atoms with Crippen LogP contribution in [0.5, 0.6) is 0 Å². The van der Waals surface area contributed by atoms with Crippen LogP contribution in [-0.4, -0.2) is 43.7 Å². The Balaban J connectivity index is 2.35. The molecule has 2 rings (SSSR count). The standard InChI is InChI=1S/C19H26O6/c1-3-22-17(20)19(18(21)23-4-2,14-15-10-6-5-7-11-15)25-16-12-8-9-13-24-16/h5-7,10-11,16H,3-4,8-9,12-14H2,1-2H3. The smallest absolute Gasteiger partial charge is 0.350 e. The Bertz CT molecular complexity index is 532. The number of benzene rings is 1. The van der Waals surface area contributed by atoms with Gasteiger partial charge in [-0.25, -0.2) is 9.59 Å². The molecule has 1 fully saturated rings. The molecule has 138 valence electrons. The van der Waals surface area contributed by atoms with E-state index in [0.29, 0.717) is 13.0 Å². The van der Waals surface area contributed by atoms with Crippen molar-refractivity contribution in [3.8, 4) is 0 Å². The van der Waals surface area contributed by atoms with E-state index in [1.54, 1.807) is 13.8 Å². The summed E-state index contributed by atoms with van der Waals surface area (Å²) in [7, 11) is 0. The zero-order valence-corrected chi connectivity index (χ0v) is 14.9. The van der Waals surface area contributed by atoms with E-state index in [2.05, 4.69) is 0 Å². The summed E-state index contributed by atoms with van der Waals surface area (Å²) in [5, 5.41) is 0. The van der Waals surface area contributed by atoms with Crippen LogP contribution in [-0.2, 0) is 35.0 Å². The lowest BCUT2D eigenvalue weighted by Gasteiger charge is -2.34. The lowest BCUT2D eigenvalue weighted by Crippen LogP contribution is -2.55. The number of hydrogen-bond acceptors (Lipinski definition) is 6. The van der Waals surface area contributed by atoms with Crippen LogP contribution in [0.3, 0.4) is 0 Å². The Labute approximate surface area is 148 Å². The summed E-state index contributed by atoms with van der Waals surface area (Å²) in [5.74, 6) is -1.49. The van der Waals surface area contributed by atoms with E-state index in [9.17, 15) is 9.59 Å². The zero-order chi connectivity index (χ0) is 18.1. The molecule has 0 saturated carbocycles. The van der Waals surface area contributed by atoms with Crippen molar-refractivity contribution in [3.63, 3.8) is 0 Å². The Hall–Kier alpha value is -1.92. The molecule has 1 aliphatic rings. The van der Waals surface area contributed by atoms with Gasteiger partial charge < -0.3 is 18.9 Å². The molecule has 1 aliphatic heterocycles. The monoisotopic (exact) mass is 350 g/mol. The molecular formula is C19H26O6. The molecule has 6 heteroatoms. The van der Waals surface area contributed by atoms with Gasteiger partial charge in [0.2, 0.25) is 0 Å². The minimum absolute atomic E-state index is 0.0331. The molecule has 25 heavy (non-hydrogen) atoms. The number of rotatable bonds is 8. The molecule has 1 saturated heterocycles. The van der Waals surface area contributed by atoms with Gasteiger partial charge in [-0.1, -0.05) is 30.3 Å². The van der Waals surface area contributed by atoms with Gasteiger partial charge in [0, 0.05) is 13.0 Å².